The quantitative estimate of drug-likeness (QED) is 0.882. The zero-order chi connectivity index (χ0) is 13.8. The van der Waals surface area contributed by atoms with Crippen LogP contribution in [0.3, 0.4) is 0 Å². The van der Waals surface area contributed by atoms with Crippen molar-refractivity contribution in [3.8, 4) is 0 Å². The molecular weight excluding hydrogens is 242 g/mol. The number of oxazole rings is 1. The number of amides is 1. The van der Waals surface area contributed by atoms with Gasteiger partial charge in [0.1, 0.15) is 6.26 Å². The van der Waals surface area contributed by atoms with Gasteiger partial charge >= 0.3 is 6.01 Å². The molecule has 5 heteroatoms. The number of carbonyl (C=O) groups excluding carboxylic acids is 1. The third-order valence-corrected chi connectivity index (χ3v) is 2.99. The SMILES string of the molecule is Cc1coc(NC(=O)C(C)C(N)c2ccccc2)n1. The highest BCUT2D eigenvalue weighted by Crippen LogP contribution is 2.20. The number of hydrogen-bond acceptors (Lipinski definition) is 4. The van der Waals surface area contributed by atoms with Crippen molar-refractivity contribution in [2.45, 2.75) is 19.9 Å². The molecule has 2 atom stereocenters. The third-order valence-electron chi connectivity index (χ3n) is 2.99. The molecule has 0 aliphatic heterocycles. The molecule has 1 heterocycles. The molecule has 0 spiro atoms. The Hall–Kier alpha value is -2.14. The van der Waals surface area contributed by atoms with Crippen LogP contribution in [0.25, 0.3) is 0 Å². The third kappa shape index (κ3) is 3.20. The molecule has 0 radical (unpaired) electrons. The average Bonchev–Trinajstić information content (AvgIpc) is 2.83. The van der Waals surface area contributed by atoms with Gasteiger partial charge in [0, 0.05) is 6.04 Å². The number of aryl methyl sites for hydroxylation is 1. The molecule has 0 bridgehead atoms. The number of rotatable bonds is 4. The predicted molar refractivity (Wildman–Crippen MR) is 72.4 cm³/mol. The Balaban J connectivity index is 2.03. The van der Waals surface area contributed by atoms with E-state index in [9.17, 15) is 4.79 Å². The first-order valence-corrected chi connectivity index (χ1v) is 6.11. The number of benzene rings is 1. The zero-order valence-electron chi connectivity index (χ0n) is 11.0. The number of anilines is 1. The Morgan fingerprint density at radius 1 is 1.37 bits per heavy atom. The normalized spacial score (nSPS) is 13.8. The maximum absolute atomic E-state index is 12.0. The molecule has 0 aliphatic carbocycles. The fourth-order valence-corrected chi connectivity index (χ4v) is 1.76. The molecule has 0 aliphatic rings. The van der Waals surface area contributed by atoms with Crippen molar-refractivity contribution in [1.82, 2.24) is 4.98 Å². The maximum atomic E-state index is 12.0. The van der Waals surface area contributed by atoms with E-state index < -0.39 is 0 Å². The van der Waals surface area contributed by atoms with E-state index in [0.29, 0.717) is 0 Å². The molecule has 2 unspecified atom stereocenters. The van der Waals surface area contributed by atoms with E-state index >= 15 is 0 Å². The second kappa shape index (κ2) is 5.67. The Morgan fingerprint density at radius 2 is 2.05 bits per heavy atom. The topological polar surface area (TPSA) is 81.2 Å². The highest BCUT2D eigenvalue weighted by molar-refractivity contribution is 5.90. The molecule has 0 fully saturated rings. The monoisotopic (exact) mass is 259 g/mol. The molecular formula is C14H17N3O2. The fraction of sp³-hybridized carbons (Fsp3) is 0.286. The molecule has 0 saturated heterocycles. The van der Waals surface area contributed by atoms with Crippen LogP contribution >= 0.6 is 0 Å². The molecule has 3 N–H and O–H groups in total. The number of hydrogen-bond donors (Lipinski definition) is 2. The summed E-state index contributed by atoms with van der Waals surface area (Å²) < 4.78 is 5.09. The summed E-state index contributed by atoms with van der Waals surface area (Å²) in [4.78, 5) is 16.1. The summed E-state index contributed by atoms with van der Waals surface area (Å²) in [5, 5.41) is 2.62. The largest absolute Gasteiger partial charge is 0.432 e. The number of nitrogens with two attached hydrogens (primary N) is 1. The summed E-state index contributed by atoms with van der Waals surface area (Å²) in [6.07, 6.45) is 1.48. The van der Waals surface area contributed by atoms with Gasteiger partial charge in [-0.1, -0.05) is 37.3 Å². The van der Waals surface area contributed by atoms with Gasteiger partial charge in [-0.25, -0.2) is 0 Å². The second-order valence-corrected chi connectivity index (χ2v) is 4.51. The highest BCUT2D eigenvalue weighted by Gasteiger charge is 2.23. The van der Waals surface area contributed by atoms with Crippen LogP contribution in [0.4, 0.5) is 6.01 Å². The summed E-state index contributed by atoms with van der Waals surface area (Å²) in [5.74, 6) is -0.590. The Labute approximate surface area is 111 Å². The first-order chi connectivity index (χ1) is 9.08. The standard InChI is InChI=1S/C14H17N3O2/c1-9-8-19-14(16-9)17-13(18)10(2)12(15)11-6-4-3-5-7-11/h3-8,10,12H,15H2,1-2H3,(H,16,17,18). The van der Waals surface area contributed by atoms with Crippen LogP contribution < -0.4 is 11.1 Å². The van der Waals surface area contributed by atoms with E-state index in [1.807, 2.05) is 30.3 Å². The number of aromatic nitrogens is 1. The Morgan fingerprint density at radius 3 is 2.63 bits per heavy atom. The van der Waals surface area contributed by atoms with E-state index in [4.69, 9.17) is 10.2 Å². The highest BCUT2D eigenvalue weighted by atomic mass is 16.4. The van der Waals surface area contributed by atoms with Crippen molar-refractivity contribution >= 4 is 11.9 Å². The summed E-state index contributed by atoms with van der Waals surface area (Å²) >= 11 is 0. The fourth-order valence-electron chi connectivity index (χ4n) is 1.76. The lowest BCUT2D eigenvalue weighted by Crippen LogP contribution is -2.30. The van der Waals surface area contributed by atoms with Crippen LogP contribution in [-0.2, 0) is 4.79 Å². The molecule has 1 aromatic carbocycles. The van der Waals surface area contributed by atoms with Crippen molar-refractivity contribution in [3.05, 3.63) is 47.9 Å². The van der Waals surface area contributed by atoms with Crippen molar-refractivity contribution in [3.63, 3.8) is 0 Å². The minimum absolute atomic E-state index is 0.203. The lowest BCUT2D eigenvalue weighted by atomic mass is 9.95. The Bertz CT molecular complexity index is 551. The average molecular weight is 259 g/mol. The van der Waals surface area contributed by atoms with Crippen LogP contribution in [0.5, 0.6) is 0 Å². The number of nitrogens with zero attached hydrogens (tertiary/aromatic N) is 1. The second-order valence-electron chi connectivity index (χ2n) is 4.51. The minimum Gasteiger partial charge on any atom is -0.432 e. The van der Waals surface area contributed by atoms with Gasteiger partial charge < -0.3 is 10.2 Å². The van der Waals surface area contributed by atoms with E-state index in [1.54, 1.807) is 13.8 Å². The summed E-state index contributed by atoms with van der Waals surface area (Å²) in [5.41, 5.74) is 7.73. The molecule has 2 aromatic rings. The van der Waals surface area contributed by atoms with E-state index in [2.05, 4.69) is 10.3 Å². The van der Waals surface area contributed by atoms with Gasteiger partial charge in [-0.15, -0.1) is 0 Å². The van der Waals surface area contributed by atoms with Crippen LogP contribution in [0.15, 0.2) is 41.0 Å². The van der Waals surface area contributed by atoms with Gasteiger partial charge in [-0.05, 0) is 12.5 Å². The van der Waals surface area contributed by atoms with Gasteiger partial charge in [0.05, 0.1) is 11.6 Å². The molecule has 0 saturated carbocycles. The zero-order valence-corrected chi connectivity index (χ0v) is 11.0. The molecule has 1 aromatic heterocycles. The van der Waals surface area contributed by atoms with Crippen molar-refractivity contribution in [2.24, 2.45) is 11.7 Å². The number of nitrogens with one attached hydrogen (secondary N) is 1. The first kappa shape index (κ1) is 13.3. The van der Waals surface area contributed by atoms with Gasteiger partial charge in [0.25, 0.3) is 0 Å². The van der Waals surface area contributed by atoms with E-state index in [-0.39, 0.29) is 23.9 Å². The van der Waals surface area contributed by atoms with Crippen molar-refractivity contribution in [1.29, 1.82) is 0 Å². The van der Waals surface area contributed by atoms with Crippen molar-refractivity contribution in [2.75, 3.05) is 5.32 Å². The van der Waals surface area contributed by atoms with E-state index in [1.165, 1.54) is 6.26 Å². The van der Waals surface area contributed by atoms with Gasteiger partial charge in [0.2, 0.25) is 5.91 Å². The van der Waals surface area contributed by atoms with Crippen LogP contribution in [0.1, 0.15) is 24.2 Å². The number of carbonyl (C=O) groups is 1. The van der Waals surface area contributed by atoms with E-state index in [0.717, 1.165) is 11.3 Å². The summed E-state index contributed by atoms with van der Waals surface area (Å²) in [6, 6.07) is 9.37. The molecule has 5 nitrogen and oxygen atoms in total. The maximum Gasteiger partial charge on any atom is 0.301 e. The van der Waals surface area contributed by atoms with Gasteiger partial charge in [-0.2, -0.15) is 4.98 Å². The predicted octanol–water partition coefficient (Wildman–Crippen LogP) is 2.26. The summed E-state index contributed by atoms with van der Waals surface area (Å²) in [6.45, 7) is 3.57. The smallest absolute Gasteiger partial charge is 0.301 e. The minimum atomic E-state index is -0.380. The molecule has 2 rings (SSSR count). The van der Waals surface area contributed by atoms with Gasteiger partial charge in [-0.3, -0.25) is 10.1 Å². The molecule has 19 heavy (non-hydrogen) atoms. The lowest BCUT2D eigenvalue weighted by Gasteiger charge is -2.18. The van der Waals surface area contributed by atoms with Crippen LogP contribution in [0, 0.1) is 12.8 Å². The van der Waals surface area contributed by atoms with Crippen molar-refractivity contribution < 1.29 is 9.21 Å². The summed E-state index contributed by atoms with van der Waals surface area (Å²) in [7, 11) is 0. The van der Waals surface area contributed by atoms with Crippen LogP contribution in [0.2, 0.25) is 0 Å². The first-order valence-electron chi connectivity index (χ1n) is 6.11. The molecule has 1 amide bonds. The Kier molecular flexibility index (Phi) is 3.97. The van der Waals surface area contributed by atoms with Crippen LogP contribution in [-0.4, -0.2) is 10.9 Å². The lowest BCUT2D eigenvalue weighted by molar-refractivity contribution is -0.120. The van der Waals surface area contributed by atoms with Gasteiger partial charge in [0.15, 0.2) is 0 Å². The molecule has 100 valence electrons.